The summed E-state index contributed by atoms with van der Waals surface area (Å²) in [5, 5.41) is 14.9. The van der Waals surface area contributed by atoms with Crippen LogP contribution < -0.4 is 15.1 Å². The summed E-state index contributed by atoms with van der Waals surface area (Å²) in [5.41, 5.74) is 1.45. The molecule has 0 saturated heterocycles. The van der Waals surface area contributed by atoms with Gasteiger partial charge in [0.1, 0.15) is 18.5 Å². The molecule has 1 N–H and O–H groups in total. The number of hydrogen-bond acceptors (Lipinski definition) is 9. The molecule has 11 heteroatoms. The summed E-state index contributed by atoms with van der Waals surface area (Å²) >= 11 is 0. The third-order valence-electron chi connectivity index (χ3n) is 4.88. The van der Waals surface area contributed by atoms with Gasteiger partial charge in [-0.2, -0.15) is 0 Å². The zero-order chi connectivity index (χ0) is 25.6. The molecule has 1 heterocycles. The van der Waals surface area contributed by atoms with E-state index in [2.05, 4.69) is 15.3 Å². The van der Waals surface area contributed by atoms with Crippen LogP contribution in [0.15, 0.2) is 24.5 Å². The van der Waals surface area contributed by atoms with Gasteiger partial charge >= 0.3 is 11.7 Å². The van der Waals surface area contributed by atoms with Crippen molar-refractivity contribution in [2.45, 2.75) is 47.1 Å². The summed E-state index contributed by atoms with van der Waals surface area (Å²) in [6.07, 6.45) is 1.18. The monoisotopic (exact) mass is 472 g/mol. The highest BCUT2D eigenvalue weighted by atomic mass is 16.6. The number of rotatable bonds is 9. The number of nitrogens with one attached hydrogen (secondary N) is 1. The number of hydrogen-bond donors (Lipinski definition) is 1. The highest BCUT2D eigenvalue weighted by Crippen LogP contribution is 2.33. The van der Waals surface area contributed by atoms with Crippen LogP contribution in [0.25, 0.3) is 0 Å². The fraction of sp³-hybridized carbons (Fsp3) is 0.478. The highest BCUT2D eigenvalue weighted by molar-refractivity contribution is 5.95. The molecule has 0 aliphatic carbocycles. The van der Waals surface area contributed by atoms with E-state index < -0.39 is 22.2 Å². The predicted molar refractivity (Wildman–Crippen MR) is 130 cm³/mol. The molecule has 34 heavy (non-hydrogen) atoms. The molecule has 1 aromatic carbocycles. The minimum Gasteiger partial charge on any atom is -0.459 e. The van der Waals surface area contributed by atoms with Crippen LogP contribution >= 0.6 is 0 Å². The van der Waals surface area contributed by atoms with E-state index in [0.29, 0.717) is 5.69 Å². The van der Waals surface area contributed by atoms with E-state index in [-0.39, 0.29) is 37.2 Å². The van der Waals surface area contributed by atoms with Gasteiger partial charge in [-0.3, -0.25) is 19.7 Å². The molecule has 2 aromatic rings. The lowest BCUT2D eigenvalue weighted by atomic mass is 10.1. The molecule has 0 aliphatic rings. The third kappa shape index (κ3) is 6.87. The molecule has 0 saturated carbocycles. The summed E-state index contributed by atoms with van der Waals surface area (Å²) in [6.45, 7) is 10.6. The molecule has 2 rings (SSSR count). The lowest BCUT2D eigenvalue weighted by Crippen LogP contribution is -2.36. The first-order valence-electron chi connectivity index (χ1n) is 10.9. The van der Waals surface area contributed by atoms with E-state index in [1.165, 1.54) is 23.2 Å². The molecule has 0 bridgehead atoms. The summed E-state index contributed by atoms with van der Waals surface area (Å²) in [4.78, 5) is 47.4. The number of carbonyl (C=O) groups excluding carboxylic acids is 2. The minimum absolute atomic E-state index is 0.00908. The van der Waals surface area contributed by atoms with Crippen LogP contribution in [-0.2, 0) is 14.3 Å². The van der Waals surface area contributed by atoms with E-state index in [4.69, 9.17) is 4.74 Å². The summed E-state index contributed by atoms with van der Waals surface area (Å²) in [6, 6.07) is 5.68. The van der Waals surface area contributed by atoms with Crippen molar-refractivity contribution in [2.75, 3.05) is 41.8 Å². The molecular weight excluding hydrogens is 440 g/mol. The number of aromatic nitrogens is 2. The fourth-order valence-corrected chi connectivity index (χ4v) is 3.38. The van der Waals surface area contributed by atoms with Crippen LogP contribution in [0.3, 0.4) is 0 Å². The molecule has 0 radical (unpaired) electrons. The highest BCUT2D eigenvalue weighted by Gasteiger charge is 2.30. The zero-order valence-electron chi connectivity index (χ0n) is 20.7. The number of amides is 1. The number of anilines is 3. The SMILES string of the molecule is CCN(CC(=O)Nc1c(C)cccc1C)c1ncnc(N(C)CC(=O)OC(C)(C)C)c1[N+](=O)[O-]. The Morgan fingerprint density at radius 2 is 1.71 bits per heavy atom. The van der Waals surface area contributed by atoms with Gasteiger partial charge in [0, 0.05) is 19.3 Å². The van der Waals surface area contributed by atoms with Crippen LogP contribution in [0.1, 0.15) is 38.8 Å². The molecule has 0 unspecified atom stereocenters. The first-order valence-corrected chi connectivity index (χ1v) is 10.9. The fourth-order valence-electron chi connectivity index (χ4n) is 3.38. The molecule has 0 atom stereocenters. The van der Waals surface area contributed by atoms with Crippen LogP contribution in [0.5, 0.6) is 0 Å². The van der Waals surface area contributed by atoms with Gasteiger partial charge in [-0.05, 0) is 52.7 Å². The van der Waals surface area contributed by atoms with Crippen molar-refractivity contribution in [2.24, 2.45) is 0 Å². The average molecular weight is 473 g/mol. The smallest absolute Gasteiger partial charge is 0.353 e. The topological polar surface area (TPSA) is 131 Å². The summed E-state index contributed by atoms with van der Waals surface area (Å²) in [5.74, 6) is -0.944. The van der Waals surface area contributed by atoms with Crippen LogP contribution in [0, 0.1) is 24.0 Å². The second-order valence-corrected chi connectivity index (χ2v) is 8.90. The molecule has 1 aromatic heterocycles. The second-order valence-electron chi connectivity index (χ2n) is 8.90. The maximum Gasteiger partial charge on any atom is 0.353 e. The standard InChI is InChI=1S/C23H32N6O5/c1-8-28(12-17(30)26-19-15(2)10-9-11-16(19)3)22-20(29(32)33)21(24-14-25-22)27(7)13-18(31)34-23(4,5)6/h9-11,14H,8,12-13H2,1-7H3,(H,26,30). The maximum absolute atomic E-state index is 12.8. The lowest BCUT2D eigenvalue weighted by molar-refractivity contribution is -0.383. The number of nitro groups is 1. The molecule has 1 amide bonds. The first-order chi connectivity index (χ1) is 15.8. The Morgan fingerprint density at radius 3 is 2.24 bits per heavy atom. The third-order valence-corrected chi connectivity index (χ3v) is 4.88. The summed E-state index contributed by atoms with van der Waals surface area (Å²) < 4.78 is 5.30. The Kier molecular flexibility index (Phi) is 8.50. The Morgan fingerprint density at radius 1 is 1.12 bits per heavy atom. The van der Waals surface area contributed by atoms with Gasteiger partial charge in [0.2, 0.25) is 17.5 Å². The van der Waals surface area contributed by atoms with E-state index in [1.807, 2.05) is 32.0 Å². The number of nitrogens with zero attached hydrogens (tertiary/aromatic N) is 5. The lowest BCUT2D eigenvalue weighted by Gasteiger charge is -2.25. The van der Waals surface area contributed by atoms with E-state index in [9.17, 15) is 19.7 Å². The van der Waals surface area contributed by atoms with Crippen molar-refractivity contribution >= 4 is 34.9 Å². The number of esters is 1. The van der Waals surface area contributed by atoms with Gasteiger partial charge in [-0.25, -0.2) is 9.97 Å². The quantitative estimate of drug-likeness (QED) is 0.332. The average Bonchev–Trinajstić information content (AvgIpc) is 2.72. The van der Waals surface area contributed by atoms with Crippen molar-refractivity contribution < 1.29 is 19.2 Å². The Balaban J connectivity index is 2.31. The van der Waals surface area contributed by atoms with Crippen molar-refractivity contribution in [1.82, 2.24) is 9.97 Å². The zero-order valence-corrected chi connectivity index (χ0v) is 20.7. The van der Waals surface area contributed by atoms with Crippen LogP contribution in [0.2, 0.25) is 0 Å². The summed E-state index contributed by atoms with van der Waals surface area (Å²) in [7, 11) is 1.51. The largest absolute Gasteiger partial charge is 0.459 e. The van der Waals surface area contributed by atoms with Crippen LogP contribution in [0.4, 0.5) is 23.0 Å². The van der Waals surface area contributed by atoms with Gasteiger partial charge in [0.25, 0.3) is 0 Å². The first kappa shape index (κ1) is 26.5. The number of carbonyl (C=O) groups is 2. The molecule has 0 aliphatic heterocycles. The minimum atomic E-state index is -0.692. The predicted octanol–water partition coefficient (Wildman–Crippen LogP) is 3.24. The van der Waals surface area contributed by atoms with Gasteiger partial charge in [0.15, 0.2) is 0 Å². The molecule has 0 fully saturated rings. The normalized spacial score (nSPS) is 11.0. The Hall–Kier alpha value is -3.76. The number of para-hydroxylation sites is 1. The van der Waals surface area contributed by atoms with Crippen molar-refractivity contribution in [1.29, 1.82) is 0 Å². The van der Waals surface area contributed by atoms with Crippen molar-refractivity contribution in [3.8, 4) is 0 Å². The Labute approximate surface area is 199 Å². The maximum atomic E-state index is 12.8. The molecule has 184 valence electrons. The van der Waals surface area contributed by atoms with E-state index >= 15 is 0 Å². The molecule has 0 spiro atoms. The van der Waals surface area contributed by atoms with Gasteiger partial charge in [-0.1, -0.05) is 18.2 Å². The van der Waals surface area contributed by atoms with Crippen molar-refractivity contribution in [3.63, 3.8) is 0 Å². The number of benzene rings is 1. The van der Waals surface area contributed by atoms with E-state index in [0.717, 1.165) is 11.1 Å². The van der Waals surface area contributed by atoms with E-state index in [1.54, 1.807) is 27.7 Å². The molecule has 11 nitrogen and oxygen atoms in total. The number of ether oxygens (including phenoxy) is 1. The number of likely N-dealkylation sites (N-methyl/N-ethyl adjacent to an activating group) is 2. The second kappa shape index (κ2) is 10.9. The Bertz CT molecular complexity index is 1050. The van der Waals surface area contributed by atoms with Gasteiger partial charge in [-0.15, -0.1) is 0 Å². The van der Waals surface area contributed by atoms with Gasteiger partial charge < -0.3 is 19.9 Å². The van der Waals surface area contributed by atoms with Crippen LogP contribution in [-0.4, -0.2) is 59.1 Å². The number of aryl methyl sites for hydroxylation is 2. The van der Waals surface area contributed by atoms with Crippen molar-refractivity contribution in [3.05, 3.63) is 45.8 Å². The molecular formula is C23H32N6O5. The van der Waals surface area contributed by atoms with Gasteiger partial charge in [0.05, 0.1) is 11.5 Å².